The van der Waals surface area contributed by atoms with Gasteiger partial charge < -0.3 is 0 Å². The van der Waals surface area contributed by atoms with E-state index in [0.29, 0.717) is 0 Å². The van der Waals surface area contributed by atoms with Gasteiger partial charge in [-0.15, -0.1) is 0 Å². The van der Waals surface area contributed by atoms with E-state index in [1.165, 1.54) is 0 Å². The minimum absolute atomic E-state index is 0.00994. The van der Waals surface area contributed by atoms with Crippen molar-refractivity contribution in [3.8, 4) is 0 Å². The minimum atomic E-state index is -3.73. The fourth-order valence-corrected chi connectivity index (χ4v) is 2.96. The Morgan fingerprint density at radius 2 is 1.90 bits per heavy atom. The second kappa shape index (κ2) is 6.64. The second-order valence-corrected chi connectivity index (χ2v) is 6.96. The molecule has 0 saturated carbocycles. The van der Waals surface area contributed by atoms with Crippen LogP contribution in [0.5, 0.6) is 0 Å². The van der Waals surface area contributed by atoms with Gasteiger partial charge in [0.05, 0.1) is 11.5 Å². The van der Waals surface area contributed by atoms with Crippen molar-refractivity contribution >= 4 is 32.7 Å². The fourth-order valence-electron chi connectivity index (χ4n) is 1.62. The van der Waals surface area contributed by atoms with Crippen LogP contribution in [0.15, 0.2) is 47.6 Å². The zero-order valence-corrected chi connectivity index (χ0v) is 13.9. The highest BCUT2D eigenvalue weighted by Crippen LogP contribution is 2.17. The van der Waals surface area contributed by atoms with Crippen molar-refractivity contribution in [1.82, 2.24) is 4.98 Å². The van der Waals surface area contributed by atoms with Crippen LogP contribution in [0.4, 0.5) is 0 Å². The smallest absolute Gasteiger partial charge is 0.264 e. The summed E-state index contributed by atoms with van der Waals surface area (Å²) in [5, 5.41) is 0. The molecule has 0 aliphatic rings. The molecule has 0 saturated heterocycles. The van der Waals surface area contributed by atoms with Crippen molar-refractivity contribution in [2.45, 2.75) is 24.8 Å². The first-order chi connectivity index (χ1) is 9.53. The van der Waals surface area contributed by atoms with Crippen LogP contribution in [0.2, 0.25) is 0 Å². The Kier molecular flexibility index (Phi) is 5.11. The highest BCUT2D eigenvalue weighted by atomic mass is 127. The Labute approximate surface area is 132 Å². The number of pyridine rings is 1. The third-order valence-electron chi connectivity index (χ3n) is 2.83. The Balaban J connectivity index is 2.13. The zero-order chi connectivity index (χ0) is 14.6. The van der Waals surface area contributed by atoms with Gasteiger partial charge in [0.2, 0.25) is 0 Å². The largest absolute Gasteiger partial charge is 0.297 e. The summed E-state index contributed by atoms with van der Waals surface area (Å²) in [6, 6.07) is 8.54. The minimum Gasteiger partial charge on any atom is -0.264 e. The lowest BCUT2D eigenvalue weighted by Crippen LogP contribution is -2.07. The molecule has 0 bridgehead atoms. The number of aromatic nitrogens is 1. The first-order valence-electron chi connectivity index (χ1n) is 6.09. The lowest BCUT2D eigenvalue weighted by Gasteiger charge is -2.07. The number of halogens is 1. The number of benzene rings is 1. The molecule has 0 aliphatic heterocycles. The summed E-state index contributed by atoms with van der Waals surface area (Å²) < 4.78 is 30.2. The molecular formula is C14H14INO3S. The Morgan fingerprint density at radius 1 is 1.20 bits per heavy atom. The molecule has 0 amide bonds. The van der Waals surface area contributed by atoms with Gasteiger partial charge in [-0.3, -0.25) is 9.17 Å². The molecule has 0 fully saturated rings. The average molecular weight is 403 g/mol. The van der Waals surface area contributed by atoms with Crippen LogP contribution in [0, 0.1) is 3.57 Å². The summed E-state index contributed by atoms with van der Waals surface area (Å²) in [5.41, 5.74) is 1.84. The van der Waals surface area contributed by atoms with Crippen LogP contribution < -0.4 is 0 Å². The van der Waals surface area contributed by atoms with Gasteiger partial charge in [-0.1, -0.05) is 19.1 Å². The average Bonchev–Trinajstić information content (AvgIpc) is 2.46. The van der Waals surface area contributed by atoms with Gasteiger partial charge in [0.25, 0.3) is 10.1 Å². The molecule has 1 aromatic heterocycles. The molecule has 1 heterocycles. The van der Waals surface area contributed by atoms with Gasteiger partial charge in [0.1, 0.15) is 0 Å². The molecule has 2 aromatic rings. The zero-order valence-electron chi connectivity index (χ0n) is 10.9. The normalized spacial score (nSPS) is 11.5. The molecule has 0 spiro atoms. The quantitative estimate of drug-likeness (QED) is 0.569. The van der Waals surface area contributed by atoms with Crippen molar-refractivity contribution in [3.63, 3.8) is 0 Å². The summed E-state index contributed by atoms with van der Waals surface area (Å²) in [6.45, 7) is 2.01. The number of aryl methyl sites for hydroxylation is 1. The third kappa shape index (κ3) is 3.77. The van der Waals surface area contributed by atoms with Gasteiger partial charge in [-0.25, -0.2) is 0 Å². The van der Waals surface area contributed by atoms with Crippen LogP contribution in [-0.4, -0.2) is 13.4 Å². The highest BCUT2D eigenvalue weighted by molar-refractivity contribution is 14.1. The molecule has 0 N–H and O–H groups in total. The summed E-state index contributed by atoms with van der Waals surface area (Å²) in [6.07, 6.45) is 4.13. The van der Waals surface area contributed by atoms with Crippen LogP contribution in [-0.2, 0) is 27.3 Å². The van der Waals surface area contributed by atoms with Crippen molar-refractivity contribution in [1.29, 1.82) is 0 Å². The van der Waals surface area contributed by atoms with Crippen molar-refractivity contribution in [3.05, 3.63) is 57.4 Å². The molecule has 0 aliphatic carbocycles. The molecule has 0 unspecified atom stereocenters. The first kappa shape index (κ1) is 15.4. The lowest BCUT2D eigenvalue weighted by molar-refractivity contribution is 0.307. The molecule has 4 nitrogen and oxygen atoms in total. The maximum Gasteiger partial charge on any atom is 0.297 e. The topological polar surface area (TPSA) is 56.3 Å². The van der Waals surface area contributed by atoms with Crippen LogP contribution in [0.1, 0.15) is 18.1 Å². The van der Waals surface area contributed by atoms with E-state index in [1.807, 2.05) is 13.0 Å². The van der Waals surface area contributed by atoms with Gasteiger partial charge >= 0.3 is 0 Å². The predicted octanol–water partition coefficient (Wildman–Crippen LogP) is 3.15. The summed E-state index contributed by atoms with van der Waals surface area (Å²) in [4.78, 5) is 4.14. The lowest BCUT2D eigenvalue weighted by atomic mass is 10.2. The fraction of sp³-hybridized carbons (Fsp3) is 0.214. The van der Waals surface area contributed by atoms with E-state index in [4.69, 9.17) is 4.18 Å². The van der Waals surface area contributed by atoms with Crippen LogP contribution >= 0.6 is 22.6 Å². The maximum atomic E-state index is 12.1. The predicted molar refractivity (Wildman–Crippen MR) is 84.7 cm³/mol. The van der Waals surface area contributed by atoms with E-state index in [0.717, 1.165) is 21.1 Å². The number of rotatable bonds is 5. The van der Waals surface area contributed by atoms with E-state index < -0.39 is 10.1 Å². The van der Waals surface area contributed by atoms with Crippen molar-refractivity contribution in [2.24, 2.45) is 0 Å². The van der Waals surface area contributed by atoms with E-state index in [1.54, 1.807) is 36.7 Å². The van der Waals surface area contributed by atoms with Gasteiger partial charge in [0.15, 0.2) is 0 Å². The summed E-state index contributed by atoms with van der Waals surface area (Å²) in [7, 11) is -3.73. The molecule has 0 atom stereocenters. The molecule has 2 rings (SSSR count). The third-order valence-corrected chi connectivity index (χ3v) is 5.16. The van der Waals surface area contributed by atoms with E-state index in [-0.39, 0.29) is 11.5 Å². The summed E-state index contributed by atoms with van der Waals surface area (Å²) >= 11 is 2.12. The Bertz CT molecular complexity index is 684. The van der Waals surface area contributed by atoms with Crippen molar-refractivity contribution < 1.29 is 12.6 Å². The molecule has 20 heavy (non-hydrogen) atoms. The van der Waals surface area contributed by atoms with Crippen LogP contribution in [0.3, 0.4) is 0 Å². The number of nitrogens with zero attached hydrogens (tertiary/aromatic N) is 1. The van der Waals surface area contributed by atoms with Crippen molar-refractivity contribution in [2.75, 3.05) is 0 Å². The molecule has 6 heteroatoms. The highest BCUT2D eigenvalue weighted by Gasteiger charge is 2.15. The van der Waals surface area contributed by atoms with Crippen LogP contribution in [0.25, 0.3) is 0 Å². The number of hydrogen-bond acceptors (Lipinski definition) is 4. The maximum absolute atomic E-state index is 12.1. The monoisotopic (exact) mass is 403 g/mol. The number of hydrogen-bond donors (Lipinski definition) is 0. The molecular weight excluding hydrogens is 389 g/mol. The van der Waals surface area contributed by atoms with Gasteiger partial charge in [-0.05, 0) is 52.8 Å². The van der Waals surface area contributed by atoms with E-state index in [9.17, 15) is 8.42 Å². The molecule has 1 aromatic carbocycles. The van der Waals surface area contributed by atoms with Gasteiger partial charge in [0, 0.05) is 21.5 Å². The Morgan fingerprint density at radius 3 is 2.50 bits per heavy atom. The van der Waals surface area contributed by atoms with E-state index in [2.05, 4.69) is 27.6 Å². The van der Waals surface area contributed by atoms with Gasteiger partial charge in [-0.2, -0.15) is 8.42 Å². The molecule has 106 valence electrons. The Hall–Kier alpha value is -0.990. The molecule has 0 radical (unpaired) electrons. The first-order valence-corrected chi connectivity index (χ1v) is 8.58. The standard InChI is InChI=1S/C14H14INO3S/c1-2-11-3-5-13(6-4-11)20(17,18)19-10-12-9-16-8-7-14(12)15/h3-9H,2,10H2,1H3. The van der Waals surface area contributed by atoms with E-state index >= 15 is 0 Å². The second-order valence-electron chi connectivity index (χ2n) is 4.18. The summed E-state index contributed by atoms with van der Waals surface area (Å²) in [5.74, 6) is 0. The SMILES string of the molecule is CCc1ccc(S(=O)(=O)OCc2cnccc2I)cc1.